The molecule has 0 saturated heterocycles. The third-order valence-electron chi connectivity index (χ3n) is 2.33. The van der Waals surface area contributed by atoms with Crippen LogP contribution in [0.4, 0.5) is 0 Å². The zero-order valence-corrected chi connectivity index (χ0v) is 10.9. The lowest BCUT2D eigenvalue weighted by Gasteiger charge is -2.08. The number of aldehydes is 1. The molecule has 3 heteroatoms. The minimum Gasteiger partial charge on any atom is -0.457 e. The molecular formula is C14H11BrO2. The highest BCUT2D eigenvalue weighted by Gasteiger charge is 2.04. The molecule has 0 spiro atoms. The lowest BCUT2D eigenvalue weighted by molar-refractivity contribution is 0.112. The van der Waals surface area contributed by atoms with Gasteiger partial charge in [-0.15, -0.1) is 0 Å². The van der Waals surface area contributed by atoms with Crippen LogP contribution in [0, 0.1) is 6.92 Å². The number of aryl methyl sites for hydroxylation is 1. The van der Waals surface area contributed by atoms with Gasteiger partial charge in [-0.05, 0) is 43.3 Å². The van der Waals surface area contributed by atoms with Crippen LogP contribution in [0.25, 0.3) is 0 Å². The minimum absolute atomic E-state index is 0.563. The van der Waals surface area contributed by atoms with Crippen LogP contribution < -0.4 is 4.74 Å². The van der Waals surface area contributed by atoms with Gasteiger partial charge in [0, 0.05) is 4.47 Å². The van der Waals surface area contributed by atoms with Crippen molar-refractivity contribution < 1.29 is 9.53 Å². The van der Waals surface area contributed by atoms with E-state index in [2.05, 4.69) is 15.9 Å². The predicted molar refractivity (Wildman–Crippen MR) is 70.8 cm³/mol. The van der Waals surface area contributed by atoms with Gasteiger partial charge in [0.25, 0.3) is 0 Å². The van der Waals surface area contributed by atoms with E-state index in [1.165, 1.54) is 0 Å². The van der Waals surface area contributed by atoms with E-state index < -0.39 is 0 Å². The molecule has 0 atom stereocenters. The summed E-state index contributed by atoms with van der Waals surface area (Å²) >= 11 is 3.36. The van der Waals surface area contributed by atoms with E-state index in [4.69, 9.17) is 4.74 Å². The van der Waals surface area contributed by atoms with E-state index >= 15 is 0 Å². The molecule has 0 bridgehead atoms. The second kappa shape index (κ2) is 5.15. The fraction of sp³-hybridized carbons (Fsp3) is 0.0714. The molecule has 2 rings (SSSR count). The maximum Gasteiger partial charge on any atom is 0.153 e. The average molecular weight is 291 g/mol. The van der Waals surface area contributed by atoms with Crippen molar-refractivity contribution in [3.63, 3.8) is 0 Å². The van der Waals surface area contributed by atoms with Crippen LogP contribution in [0.15, 0.2) is 46.9 Å². The molecule has 0 unspecified atom stereocenters. The molecule has 0 radical (unpaired) electrons. The Hall–Kier alpha value is -1.61. The van der Waals surface area contributed by atoms with E-state index in [0.717, 1.165) is 16.3 Å². The van der Waals surface area contributed by atoms with Gasteiger partial charge in [-0.1, -0.05) is 27.6 Å². The predicted octanol–water partition coefficient (Wildman–Crippen LogP) is 4.36. The topological polar surface area (TPSA) is 26.3 Å². The van der Waals surface area contributed by atoms with Crippen molar-refractivity contribution in [3.05, 3.63) is 58.1 Å². The highest BCUT2D eigenvalue weighted by Crippen LogP contribution is 2.26. The maximum absolute atomic E-state index is 10.9. The van der Waals surface area contributed by atoms with E-state index in [0.29, 0.717) is 17.1 Å². The highest BCUT2D eigenvalue weighted by molar-refractivity contribution is 9.10. The second-order valence-electron chi connectivity index (χ2n) is 3.72. The number of ether oxygens (including phenoxy) is 1. The number of hydrogen-bond donors (Lipinski definition) is 0. The van der Waals surface area contributed by atoms with Gasteiger partial charge in [-0.2, -0.15) is 0 Å². The van der Waals surface area contributed by atoms with Crippen LogP contribution >= 0.6 is 15.9 Å². The van der Waals surface area contributed by atoms with E-state index in [9.17, 15) is 4.79 Å². The third-order valence-corrected chi connectivity index (χ3v) is 2.86. The third kappa shape index (κ3) is 2.94. The van der Waals surface area contributed by atoms with Crippen molar-refractivity contribution in [3.8, 4) is 11.5 Å². The minimum atomic E-state index is 0.563. The molecule has 2 aromatic rings. The smallest absolute Gasteiger partial charge is 0.153 e. The molecule has 0 aliphatic heterocycles. The largest absolute Gasteiger partial charge is 0.457 e. The molecule has 0 aliphatic carbocycles. The summed E-state index contributed by atoms with van der Waals surface area (Å²) in [5.41, 5.74) is 1.60. The Balaban J connectivity index is 2.29. The van der Waals surface area contributed by atoms with Crippen LogP contribution in [-0.2, 0) is 0 Å². The van der Waals surface area contributed by atoms with Crippen molar-refractivity contribution in [2.75, 3.05) is 0 Å². The van der Waals surface area contributed by atoms with Gasteiger partial charge in [0.2, 0.25) is 0 Å². The first-order valence-corrected chi connectivity index (χ1v) is 5.97. The van der Waals surface area contributed by atoms with Gasteiger partial charge >= 0.3 is 0 Å². The summed E-state index contributed by atoms with van der Waals surface area (Å²) in [6.45, 7) is 1.94. The molecule has 0 N–H and O–H groups in total. The zero-order chi connectivity index (χ0) is 12.3. The van der Waals surface area contributed by atoms with Crippen molar-refractivity contribution >= 4 is 22.2 Å². The average Bonchev–Trinajstić information content (AvgIpc) is 2.34. The summed E-state index contributed by atoms with van der Waals surface area (Å²) in [5, 5.41) is 0. The molecular weight excluding hydrogens is 280 g/mol. The molecule has 2 nitrogen and oxygen atoms in total. The fourth-order valence-electron chi connectivity index (χ4n) is 1.48. The number of carbonyl (C=O) groups is 1. The van der Waals surface area contributed by atoms with Crippen molar-refractivity contribution in [1.82, 2.24) is 0 Å². The van der Waals surface area contributed by atoms with Crippen LogP contribution in [0.1, 0.15) is 15.9 Å². The number of hydrogen-bond acceptors (Lipinski definition) is 2. The normalized spacial score (nSPS) is 10.0. The van der Waals surface area contributed by atoms with Gasteiger partial charge in [0.15, 0.2) is 6.29 Å². The Morgan fingerprint density at radius 1 is 1.12 bits per heavy atom. The molecule has 17 heavy (non-hydrogen) atoms. The van der Waals surface area contributed by atoms with Crippen LogP contribution in [-0.4, -0.2) is 6.29 Å². The van der Waals surface area contributed by atoms with Crippen molar-refractivity contribution in [1.29, 1.82) is 0 Å². The quantitative estimate of drug-likeness (QED) is 0.785. The molecule has 0 saturated carbocycles. The van der Waals surface area contributed by atoms with E-state index in [-0.39, 0.29) is 0 Å². The highest BCUT2D eigenvalue weighted by atomic mass is 79.9. The molecule has 2 aromatic carbocycles. The number of benzene rings is 2. The van der Waals surface area contributed by atoms with Gasteiger partial charge in [0.05, 0.1) is 5.56 Å². The molecule has 0 fully saturated rings. The molecule has 0 aliphatic rings. The van der Waals surface area contributed by atoms with E-state index in [1.54, 1.807) is 12.1 Å². The zero-order valence-electron chi connectivity index (χ0n) is 9.31. The lowest BCUT2D eigenvalue weighted by atomic mass is 10.1. The van der Waals surface area contributed by atoms with Gasteiger partial charge in [0.1, 0.15) is 11.5 Å². The summed E-state index contributed by atoms with van der Waals surface area (Å²) < 4.78 is 6.65. The second-order valence-corrected chi connectivity index (χ2v) is 4.63. The Morgan fingerprint density at radius 2 is 1.82 bits per heavy atom. The number of carbonyl (C=O) groups excluding carboxylic acids is 1. The van der Waals surface area contributed by atoms with Crippen LogP contribution in [0.2, 0.25) is 0 Å². The summed E-state index contributed by atoms with van der Waals surface area (Å²) in [5.74, 6) is 1.29. The fourth-order valence-corrected chi connectivity index (χ4v) is 1.75. The van der Waals surface area contributed by atoms with Gasteiger partial charge in [-0.25, -0.2) is 0 Å². The summed E-state index contributed by atoms with van der Waals surface area (Å²) in [6, 6.07) is 13.0. The first-order chi connectivity index (χ1) is 8.19. The van der Waals surface area contributed by atoms with Gasteiger partial charge < -0.3 is 4.74 Å². The first-order valence-electron chi connectivity index (χ1n) is 5.18. The Kier molecular flexibility index (Phi) is 3.59. The lowest BCUT2D eigenvalue weighted by Crippen LogP contribution is -1.91. The number of halogens is 1. The summed E-state index contributed by atoms with van der Waals surface area (Å²) in [4.78, 5) is 10.9. The maximum atomic E-state index is 10.9. The van der Waals surface area contributed by atoms with E-state index in [1.807, 2.05) is 37.3 Å². The molecule has 86 valence electrons. The van der Waals surface area contributed by atoms with Gasteiger partial charge in [-0.3, -0.25) is 4.79 Å². The van der Waals surface area contributed by atoms with Crippen LogP contribution in [0.5, 0.6) is 11.5 Å². The Morgan fingerprint density at radius 3 is 2.47 bits per heavy atom. The standard InChI is InChI=1S/C14H11BrO2/c1-10-2-7-14(11(8-10)9-16)17-13-5-3-12(15)4-6-13/h2-9H,1H3. The Labute approximate surface area is 108 Å². The van der Waals surface area contributed by atoms with Crippen LogP contribution in [0.3, 0.4) is 0 Å². The Bertz CT molecular complexity index is 532. The monoisotopic (exact) mass is 290 g/mol. The SMILES string of the molecule is Cc1ccc(Oc2ccc(Br)cc2)c(C=O)c1. The van der Waals surface area contributed by atoms with Crippen molar-refractivity contribution in [2.45, 2.75) is 6.92 Å². The summed E-state index contributed by atoms with van der Waals surface area (Å²) in [7, 11) is 0. The first kappa shape index (κ1) is 11.9. The molecule has 0 heterocycles. The molecule has 0 amide bonds. The number of rotatable bonds is 3. The summed E-state index contributed by atoms with van der Waals surface area (Å²) in [6.07, 6.45) is 0.807. The van der Waals surface area contributed by atoms with Crippen molar-refractivity contribution in [2.24, 2.45) is 0 Å². The molecule has 0 aromatic heterocycles.